The molecule has 4 heteroatoms. The highest BCUT2D eigenvalue weighted by Crippen LogP contribution is 2.25. The lowest BCUT2D eigenvalue weighted by Crippen LogP contribution is -2.34. The Morgan fingerprint density at radius 1 is 1.32 bits per heavy atom. The quantitative estimate of drug-likeness (QED) is 0.850. The van der Waals surface area contributed by atoms with Crippen molar-refractivity contribution in [1.29, 1.82) is 0 Å². The van der Waals surface area contributed by atoms with Crippen LogP contribution >= 0.6 is 0 Å². The average molecular weight is 263 g/mol. The Hall–Kier alpha value is -1.55. The van der Waals surface area contributed by atoms with Gasteiger partial charge < -0.3 is 9.47 Å². The summed E-state index contributed by atoms with van der Waals surface area (Å²) in [6.07, 6.45) is 1.36. The Balaban J connectivity index is 1.66. The Bertz CT molecular complexity index is 425. The number of alkyl carbamates (subject to hydrolysis) is 1. The second-order valence-electron chi connectivity index (χ2n) is 5.77. The number of hydrogen-bond donors (Lipinski definition) is 1. The van der Waals surface area contributed by atoms with Gasteiger partial charge in [-0.05, 0) is 39.2 Å². The number of carbonyl (C=O) groups excluding carboxylic acids is 1. The SMILES string of the molecule is CC(C)(C)OC(=O)NC1O[C@@H]1CCc1ccccc1. The zero-order valence-electron chi connectivity index (χ0n) is 11.7. The van der Waals surface area contributed by atoms with Gasteiger partial charge in [0.05, 0.1) is 0 Å². The van der Waals surface area contributed by atoms with Crippen molar-refractivity contribution in [2.75, 3.05) is 0 Å². The first kappa shape index (κ1) is 13.9. The maximum atomic E-state index is 11.5. The standard InChI is InChI=1S/C15H21NO3/c1-15(2,3)19-14(17)16-13-12(18-13)10-9-11-7-5-4-6-8-11/h4-8,12-13H,9-10H2,1-3H3,(H,16,17)/t12-,13?/m1/s1. The molecule has 2 rings (SSSR count). The van der Waals surface area contributed by atoms with Crippen molar-refractivity contribution >= 4 is 6.09 Å². The summed E-state index contributed by atoms with van der Waals surface area (Å²) >= 11 is 0. The van der Waals surface area contributed by atoms with Gasteiger partial charge in [-0.1, -0.05) is 30.3 Å². The molecule has 0 saturated carbocycles. The molecule has 1 aromatic rings. The van der Waals surface area contributed by atoms with Crippen LogP contribution in [0.15, 0.2) is 30.3 Å². The van der Waals surface area contributed by atoms with Gasteiger partial charge in [-0.25, -0.2) is 4.79 Å². The van der Waals surface area contributed by atoms with Crippen LogP contribution in [0.1, 0.15) is 32.8 Å². The normalized spacial score (nSPS) is 21.8. The topological polar surface area (TPSA) is 50.9 Å². The molecule has 1 heterocycles. The number of amides is 1. The third-order valence-electron chi connectivity index (χ3n) is 2.80. The fraction of sp³-hybridized carbons (Fsp3) is 0.533. The molecule has 19 heavy (non-hydrogen) atoms. The van der Waals surface area contributed by atoms with E-state index in [1.165, 1.54) is 5.56 Å². The molecule has 104 valence electrons. The lowest BCUT2D eigenvalue weighted by atomic mass is 10.1. The van der Waals surface area contributed by atoms with Gasteiger partial charge >= 0.3 is 6.09 Å². The van der Waals surface area contributed by atoms with E-state index in [0.717, 1.165) is 12.8 Å². The van der Waals surface area contributed by atoms with Crippen LogP contribution in [0, 0.1) is 0 Å². The molecule has 1 amide bonds. The second kappa shape index (κ2) is 5.61. The van der Waals surface area contributed by atoms with Gasteiger partial charge in [-0.2, -0.15) is 0 Å². The molecule has 0 spiro atoms. The third-order valence-corrected chi connectivity index (χ3v) is 2.80. The van der Waals surface area contributed by atoms with Crippen LogP contribution in [0.2, 0.25) is 0 Å². The minimum atomic E-state index is -0.474. The number of carbonyl (C=O) groups is 1. The summed E-state index contributed by atoms with van der Waals surface area (Å²) in [6, 6.07) is 10.3. The predicted octanol–water partition coefficient (Wildman–Crippen LogP) is 2.87. The maximum Gasteiger partial charge on any atom is 0.409 e. The van der Waals surface area contributed by atoms with Gasteiger partial charge in [-0.15, -0.1) is 0 Å². The summed E-state index contributed by atoms with van der Waals surface area (Å²) in [6.45, 7) is 5.52. The summed E-state index contributed by atoms with van der Waals surface area (Å²) in [4.78, 5) is 11.5. The highest BCUT2D eigenvalue weighted by Gasteiger charge is 2.40. The molecule has 1 fully saturated rings. The van der Waals surface area contributed by atoms with Crippen LogP contribution in [0.4, 0.5) is 4.79 Å². The molecule has 2 atom stereocenters. The largest absolute Gasteiger partial charge is 0.444 e. The van der Waals surface area contributed by atoms with E-state index in [1.54, 1.807) is 0 Å². The summed E-state index contributed by atoms with van der Waals surface area (Å²) < 4.78 is 10.6. The molecule has 0 aliphatic carbocycles. The lowest BCUT2D eigenvalue weighted by molar-refractivity contribution is 0.0503. The van der Waals surface area contributed by atoms with Gasteiger partial charge in [0, 0.05) is 0 Å². The summed E-state index contributed by atoms with van der Waals surface area (Å²) in [5.41, 5.74) is 0.812. The highest BCUT2D eigenvalue weighted by atomic mass is 16.6. The first-order valence-corrected chi connectivity index (χ1v) is 6.63. The molecule has 1 aliphatic rings. The Labute approximate surface area is 114 Å². The zero-order valence-corrected chi connectivity index (χ0v) is 11.7. The van der Waals surface area contributed by atoms with Crippen LogP contribution in [0.3, 0.4) is 0 Å². The van der Waals surface area contributed by atoms with Crippen molar-refractivity contribution in [2.45, 2.75) is 51.5 Å². The van der Waals surface area contributed by atoms with Crippen molar-refractivity contribution < 1.29 is 14.3 Å². The Kier molecular flexibility index (Phi) is 4.10. The predicted molar refractivity (Wildman–Crippen MR) is 72.8 cm³/mol. The minimum absolute atomic E-state index is 0.104. The van der Waals surface area contributed by atoms with Crippen LogP contribution in [0.25, 0.3) is 0 Å². The molecule has 4 nitrogen and oxygen atoms in total. The number of aryl methyl sites for hydroxylation is 1. The van der Waals surface area contributed by atoms with Crippen molar-refractivity contribution in [2.24, 2.45) is 0 Å². The first-order valence-electron chi connectivity index (χ1n) is 6.63. The smallest absolute Gasteiger partial charge is 0.409 e. The average Bonchev–Trinajstić information content (AvgIpc) is 3.03. The second-order valence-corrected chi connectivity index (χ2v) is 5.77. The van der Waals surface area contributed by atoms with Crippen molar-refractivity contribution in [1.82, 2.24) is 5.32 Å². The van der Waals surface area contributed by atoms with E-state index in [2.05, 4.69) is 17.4 Å². The number of ether oxygens (including phenoxy) is 2. The van der Waals surface area contributed by atoms with E-state index < -0.39 is 11.7 Å². The molecule has 0 radical (unpaired) electrons. The zero-order chi connectivity index (χ0) is 13.9. The lowest BCUT2D eigenvalue weighted by Gasteiger charge is -2.19. The summed E-state index contributed by atoms with van der Waals surface area (Å²) in [5.74, 6) is 0. The van der Waals surface area contributed by atoms with Gasteiger partial charge in [0.25, 0.3) is 0 Å². The molecule has 0 aromatic heterocycles. The van der Waals surface area contributed by atoms with Crippen molar-refractivity contribution in [3.63, 3.8) is 0 Å². The van der Waals surface area contributed by atoms with Gasteiger partial charge in [0.2, 0.25) is 0 Å². The van der Waals surface area contributed by atoms with E-state index in [4.69, 9.17) is 9.47 Å². The van der Waals surface area contributed by atoms with Crippen molar-refractivity contribution in [3.05, 3.63) is 35.9 Å². The van der Waals surface area contributed by atoms with Gasteiger partial charge in [-0.3, -0.25) is 5.32 Å². The molecular formula is C15H21NO3. The molecule has 1 aliphatic heterocycles. The monoisotopic (exact) mass is 263 g/mol. The van der Waals surface area contributed by atoms with Crippen LogP contribution in [-0.4, -0.2) is 24.0 Å². The summed E-state index contributed by atoms with van der Waals surface area (Å²) in [5, 5.41) is 2.71. The maximum absolute atomic E-state index is 11.5. The summed E-state index contributed by atoms with van der Waals surface area (Å²) in [7, 11) is 0. The van der Waals surface area contributed by atoms with E-state index in [-0.39, 0.29) is 12.3 Å². The Morgan fingerprint density at radius 3 is 2.63 bits per heavy atom. The van der Waals surface area contributed by atoms with Gasteiger partial charge in [0.1, 0.15) is 11.7 Å². The number of epoxide rings is 1. The molecule has 0 bridgehead atoms. The molecule has 1 saturated heterocycles. The van der Waals surface area contributed by atoms with E-state index in [9.17, 15) is 4.79 Å². The van der Waals surface area contributed by atoms with E-state index in [0.29, 0.717) is 0 Å². The molecule has 1 N–H and O–H groups in total. The molecule has 1 unspecified atom stereocenters. The number of nitrogens with one attached hydrogen (secondary N) is 1. The van der Waals surface area contributed by atoms with Gasteiger partial charge in [0.15, 0.2) is 6.23 Å². The number of benzene rings is 1. The highest BCUT2D eigenvalue weighted by molar-refractivity contribution is 5.68. The van der Waals surface area contributed by atoms with Crippen LogP contribution in [-0.2, 0) is 15.9 Å². The van der Waals surface area contributed by atoms with Crippen LogP contribution in [0.5, 0.6) is 0 Å². The third kappa shape index (κ3) is 4.91. The number of hydrogen-bond acceptors (Lipinski definition) is 3. The Morgan fingerprint density at radius 2 is 2.00 bits per heavy atom. The molecule has 1 aromatic carbocycles. The number of rotatable bonds is 4. The van der Waals surface area contributed by atoms with E-state index in [1.807, 2.05) is 39.0 Å². The molecular weight excluding hydrogens is 242 g/mol. The van der Waals surface area contributed by atoms with Crippen LogP contribution < -0.4 is 5.32 Å². The fourth-order valence-corrected chi connectivity index (χ4v) is 1.87. The fourth-order valence-electron chi connectivity index (χ4n) is 1.87. The van der Waals surface area contributed by atoms with E-state index >= 15 is 0 Å². The first-order chi connectivity index (χ1) is 8.94. The van der Waals surface area contributed by atoms with Crippen molar-refractivity contribution in [3.8, 4) is 0 Å². The minimum Gasteiger partial charge on any atom is -0.444 e.